The van der Waals surface area contributed by atoms with Gasteiger partial charge in [-0.25, -0.2) is 4.79 Å². The van der Waals surface area contributed by atoms with Gasteiger partial charge in [-0.05, 0) is 25.5 Å². The number of carbonyl (C=O) groups excluding carboxylic acids is 1. The monoisotopic (exact) mass is 303 g/mol. The average Bonchev–Trinajstić information content (AvgIpc) is 2.96. The number of urea groups is 1. The Bertz CT molecular complexity index is 599. The molecule has 2 rings (SSSR count). The largest absolute Gasteiger partial charge is 0.382 e. The van der Waals surface area contributed by atoms with Crippen LogP contribution in [0.1, 0.15) is 31.5 Å². The van der Waals surface area contributed by atoms with E-state index < -0.39 is 0 Å². The molecule has 0 aromatic carbocycles. The second kappa shape index (κ2) is 7.56. The van der Waals surface area contributed by atoms with E-state index in [0.717, 1.165) is 5.56 Å². The average molecular weight is 303 g/mol. The lowest BCUT2D eigenvalue weighted by Gasteiger charge is -2.14. The summed E-state index contributed by atoms with van der Waals surface area (Å²) >= 11 is 0. The van der Waals surface area contributed by atoms with Gasteiger partial charge in [-0.2, -0.15) is 5.10 Å². The van der Waals surface area contributed by atoms with Gasteiger partial charge in [-0.15, -0.1) is 0 Å². The first kappa shape index (κ1) is 16.0. The van der Waals surface area contributed by atoms with Gasteiger partial charge in [-0.3, -0.25) is 15.0 Å². The number of methoxy groups -OCH3 is 1. The molecule has 22 heavy (non-hydrogen) atoms. The molecule has 2 aromatic heterocycles. The molecule has 0 radical (unpaired) electrons. The van der Waals surface area contributed by atoms with Crippen molar-refractivity contribution in [3.8, 4) is 0 Å². The zero-order chi connectivity index (χ0) is 15.9. The first-order chi connectivity index (χ1) is 10.6. The van der Waals surface area contributed by atoms with Crippen LogP contribution < -0.4 is 10.6 Å². The number of ether oxygens (including phenoxy) is 1. The van der Waals surface area contributed by atoms with Crippen molar-refractivity contribution in [2.24, 2.45) is 0 Å². The van der Waals surface area contributed by atoms with E-state index in [1.54, 1.807) is 30.3 Å². The van der Waals surface area contributed by atoms with Crippen LogP contribution in [0.4, 0.5) is 10.6 Å². The Balaban J connectivity index is 1.89. The Kier molecular flexibility index (Phi) is 5.48. The van der Waals surface area contributed by atoms with Crippen LogP contribution in [0.15, 0.2) is 36.8 Å². The molecule has 0 unspecified atom stereocenters. The number of anilines is 1. The number of nitrogens with zero attached hydrogens (tertiary/aromatic N) is 3. The fraction of sp³-hybridized carbons (Fsp3) is 0.400. The van der Waals surface area contributed by atoms with Crippen LogP contribution in [-0.2, 0) is 4.74 Å². The maximum atomic E-state index is 12.0. The zero-order valence-electron chi connectivity index (χ0n) is 13.0. The lowest BCUT2D eigenvalue weighted by Crippen LogP contribution is -2.31. The Hall–Kier alpha value is -2.41. The number of aromatic nitrogens is 3. The zero-order valence-corrected chi connectivity index (χ0v) is 13.0. The van der Waals surface area contributed by atoms with Gasteiger partial charge in [0.2, 0.25) is 0 Å². The summed E-state index contributed by atoms with van der Waals surface area (Å²) in [6.07, 6.45) is 5.24. The molecule has 2 heterocycles. The molecule has 2 atom stereocenters. The summed E-state index contributed by atoms with van der Waals surface area (Å²) in [5.41, 5.74) is 0.942. The van der Waals surface area contributed by atoms with Crippen molar-refractivity contribution >= 4 is 11.8 Å². The van der Waals surface area contributed by atoms with Crippen molar-refractivity contribution in [1.82, 2.24) is 20.1 Å². The molecule has 0 saturated carbocycles. The molecule has 0 spiro atoms. The molecule has 0 aliphatic carbocycles. The van der Waals surface area contributed by atoms with Crippen LogP contribution >= 0.6 is 0 Å². The van der Waals surface area contributed by atoms with Crippen LogP contribution in [0.5, 0.6) is 0 Å². The number of rotatable bonds is 6. The Morgan fingerprint density at radius 1 is 1.41 bits per heavy atom. The second-order valence-electron chi connectivity index (χ2n) is 5.09. The molecule has 2 amide bonds. The third-order valence-corrected chi connectivity index (χ3v) is 3.24. The highest BCUT2D eigenvalue weighted by molar-refractivity contribution is 5.88. The number of pyridine rings is 1. The third-order valence-electron chi connectivity index (χ3n) is 3.24. The van der Waals surface area contributed by atoms with Gasteiger partial charge < -0.3 is 10.1 Å². The van der Waals surface area contributed by atoms with Gasteiger partial charge in [0.15, 0.2) is 5.82 Å². The van der Waals surface area contributed by atoms with Crippen molar-refractivity contribution in [3.05, 3.63) is 42.4 Å². The summed E-state index contributed by atoms with van der Waals surface area (Å²) in [7, 11) is 1.65. The highest BCUT2D eigenvalue weighted by Gasteiger charge is 2.12. The summed E-state index contributed by atoms with van der Waals surface area (Å²) in [6.45, 7) is 4.45. The minimum Gasteiger partial charge on any atom is -0.382 e. The SMILES string of the molecule is COC[C@@H](C)n1ccc(NC(=O)N[C@@H](C)c2cccnc2)n1. The molecule has 0 saturated heterocycles. The third kappa shape index (κ3) is 4.29. The molecule has 2 N–H and O–H groups in total. The van der Waals surface area contributed by atoms with E-state index in [4.69, 9.17) is 4.74 Å². The molecule has 0 aliphatic rings. The van der Waals surface area contributed by atoms with E-state index in [1.807, 2.05) is 32.2 Å². The van der Waals surface area contributed by atoms with Crippen LogP contribution in [-0.4, -0.2) is 34.5 Å². The highest BCUT2D eigenvalue weighted by Crippen LogP contribution is 2.12. The quantitative estimate of drug-likeness (QED) is 0.858. The lowest BCUT2D eigenvalue weighted by atomic mass is 10.1. The van der Waals surface area contributed by atoms with Crippen LogP contribution in [0.2, 0.25) is 0 Å². The van der Waals surface area contributed by atoms with E-state index >= 15 is 0 Å². The smallest absolute Gasteiger partial charge is 0.320 e. The van der Waals surface area contributed by atoms with Crippen LogP contribution in [0.3, 0.4) is 0 Å². The Morgan fingerprint density at radius 2 is 2.23 bits per heavy atom. The minimum atomic E-state index is -0.305. The first-order valence-electron chi connectivity index (χ1n) is 7.11. The molecule has 7 heteroatoms. The number of nitrogens with one attached hydrogen (secondary N) is 2. The maximum absolute atomic E-state index is 12.0. The van der Waals surface area contributed by atoms with E-state index in [1.165, 1.54) is 0 Å². The standard InChI is InChI=1S/C15H21N5O2/c1-11(10-22-3)20-8-6-14(19-20)18-15(21)17-12(2)13-5-4-7-16-9-13/h4-9,11-12H,10H2,1-3H3,(H2,17,18,19,21)/t11-,12+/m1/s1. The predicted octanol–water partition coefficient (Wildman–Crippen LogP) is 2.37. The second-order valence-corrected chi connectivity index (χ2v) is 5.09. The van der Waals surface area contributed by atoms with Crippen molar-refractivity contribution < 1.29 is 9.53 Å². The molecule has 0 aliphatic heterocycles. The maximum Gasteiger partial charge on any atom is 0.320 e. The summed E-state index contributed by atoms with van der Waals surface area (Å²) in [5.74, 6) is 0.499. The van der Waals surface area contributed by atoms with Gasteiger partial charge in [0.05, 0.1) is 18.7 Å². The molecular formula is C15H21N5O2. The Morgan fingerprint density at radius 3 is 2.91 bits per heavy atom. The summed E-state index contributed by atoms with van der Waals surface area (Å²) < 4.78 is 6.84. The summed E-state index contributed by atoms with van der Waals surface area (Å²) in [5, 5.41) is 9.86. The minimum absolute atomic E-state index is 0.109. The molecular weight excluding hydrogens is 282 g/mol. The molecule has 118 valence electrons. The normalized spacial score (nSPS) is 13.4. The van der Waals surface area contributed by atoms with E-state index in [2.05, 4.69) is 20.7 Å². The van der Waals surface area contributed by atoms with Crippen molar-refractivity contribution in [1.29, 1.82) is 0 Å². The van der Waals surface area contributed by atoms with Gasteiger partial charge in [0, 0.05) is 31.8 Å². The highest BCUT2D eigenvalue weighted by atomic mass is 16.5. The van der Waals surface area contributed by atoms with Gasteiger partial charge in [0.1, 0.15) is 0 Å². The van der Waals surface area contributed by atoms with E-state index in [0.29, 0.717) is 12.4 Å². The van der Waals surface area contributed by atoms with Gasteiger partial charge >= 0.3 is 6.03 Å². The summed E-state index contributed by atoms with van der Waals surface area (Å²) in [4.78, 5) is 16.0. The fourth-order valence-corrected chi connectivity index (χ4v) is 2.03. The molecule has 0 fully saturated rings. The van der Waals surface area contributed by atoms with E-state index in [-0.39, 0.29) is 18.1 Å². The lowest BCUT2D eigenvalue weighted by molar-refractivity contribution is 0.157. The predicted molar refractivity (Wildman–Crippen MR) is 83.6 cm³/mol. The van der Waals surface area contributed by atoms with Crippen molar-refractivity contribution in [2.45, 2.75) is 25.9 Å². The van der Waals surface area contributed by atoms with Gasteiger partial charge in [-0.1, -0.05) is 6.07 Å². The number of hydrogen-bond acceptors (Lipinski definition) is 4. The Labute approximate surface area is 129 Å². The molecule has 2 aromatic rings. The van der Waals surface area contributed by atoms with Crippen molar-refractivity contribution in [2.75, 3.05) is 19.0 Å². The summed E-state index contributed by atoms with van der Waals surface area (Å²) in [6, 6.07) is 5.17. The number of carbonyl (C=O) groups is 1. The van der Waals surface area contributed by atoms with E-state index in [9.17, 15) is 4.79 Å². The topological polar surface area (TPSA) is 81.1 Å². The fourth-order valence-electron chi connectivity index (χ4n) is 2.03. The number of amides is 2. The number of hydrogen-bond donors (Lipinski definition) is 2. The van der Waals surface area contributed by atoms with Crippen LogP contribution in [0.25, 0.3) is 0 Å². The van der Waals surface area contributed by atoms with Gasteiger partial charge in [0.25, 0.3) is 0 Å². The van der Waals surface area contributed by atoms with Crippen LogP contribution in [0, 0.1) is 0 Å². The first-order valence-corrected chi connectivity index (χ1v) is 7.11. The molecule has 0 bridgehead atoms. The van der Waals surface area contributed by atoms with Crippen molar-refractivity contribution in [3.63, 3.8) is 0 Å². The molecule has 7 nitrogen and oxygen atoms in total.